The molecule has 1 aromatic carbocycles. The first-order valence-electron chi connectivity index (χ1n) is 7.86. The number of benzene rings is 1. The molecule has 4 nitrogen and oxygen atoms in total. The summed E-state index contributed by atoms with van der Waals surface area (Å²) >= 11 is 0. The number of nitrogens with zero attached hydrogens (tertiary/aromatic N) is 1. The monoisotopic (exact) mass is 292 g/mol. The van der Waals surface area contributed by atoms with Crippen molar-refractivity contribution in [1.29, 1.82) is 0 Å². The van der Waals surface area contributed by atoms with Crippen LogP contribution in [0.4, 0.5) is 0 Å². The lowest BCUT2D eigenvalue weighted by atomic mass is 9.96. The van der Waals surface area contributed by atoms with Crippen molar-refractivity contribution in [2.75, 3.05) is 27.3 Å². The Labute approximate surface area is 128 Å². The van der Waals surface area contributed by atoms with Crippen LogP contribution in [-0.2, 0) is 6.54 Å². The second kappa shape index (κ2) is 7.66. The molecule has 0 spiro atoms. The molecule has 0 bridgehead atoms. The molecule has 0 amide bonds. The van der Waals surface area contributed by atoms with E-state index in [1.54, 1.807) is 14.2 Å². The van der Waals surface area contributed by atoms with Crippen LogP contribution in [-0.4, -0.2) is 38.3 Å². The Morgan fingerprint density at radius 2 is 2.05 bits per heavy atom. The fraction of sp³-hybridized carbons (Fsp3) is 0.647. The molecule has 0 saturated carbocycles. The second-order valence-corrected chi connectivity index (χ2v) is 5.93. The number of methoxy groups -OCH3 is 2. The highest BCUT2D eigenvalue weighted by Crippen LogP contribution is 2.29. The predicted molar refractivity (Wildman–Crippen MR) is 85.8 cm³/mol. The maximum Gasteiger partial charge on any atom is 0.161 e. The Morgan fingerprint density at radius 3 is 2.71 bits per heavy atom. The maximum absolute atomic E-state index is 6.27. The Bertz CT molecular complexity index is 450. The van der Waals surface area contributed by atoms with E-state index in [1.807, 2.05) is 6.07 Å². The SMILES string of the molecule is CCCC(N)C1CCN(Cc2ccc(OC)c(OC)c2)C1. The highest BCUT2D eigenvalue weighted by atomic mass is 16.5. The van der Waals surface area contributed by atoms with Crippen molar-refractivity contribution >= 4 is 0 Å². The largest absolute Gasteiger partial charge is 0.493 e. The molecule has 1 aromatic rings. The van der Waals surface area contributed by atoms with Crippen molar-refractivity contribution in [3.8, 4) is 11.5 Å². The van der Waals surface area contributed by atoms with Crippen LogP contribution in [0, 0.1) is 5.92 Å². The summed E-state index contributed by atoms with van der Waals surface area (Å²) in [4.78, 5) is 2.49. The van der Waals surface area contributed by atoms with E-state index < -0.39 is 0 Å². The zero-order valence-electron chi connectivity index (χ0n) is 13.5. The highest BCUT2D eigenvalue weighted by Gasteiger charge is 2.26. The zero-order valence-corrected chi connectivity index (χ0v) is 13.5. The van der Waals surface area contributed by atoms with Gasteiger partial charge in [-0.15, -0.1) is 0 Å². The van der Waals surface area contributed by atoms with Crippen molar-refractivity contribution in [3.05, 3.63) is 23.8 Å². The Kier molecular flexibility index (Phi) is 5.88. The van der Waals surface area contributed by atoms with Crippen molar-refractivity contribution in [2.24, 2.45) is 11.7 Å². The first-order chi connectivity index (χ1) is 10.2. The van der Waals surface area contributed by atoms with E-state index >= 15 is 0 Å². The lowest BCUT2D eigenvalue weighted by Gasteiger charge is -2.20. The molecular weight excluding hydrogens is 264 g/mol. The number of likely N-dealkylation sites (tertiary alicyclic amines) is 1. The molecule has 1 aliphatic heterocycles. The van der Waals surface area contributed by atoms with Gasteiger partial charge in [0.05, 0.1) is 14.2 Å². The average Bonchev–Trinajstić information content (AvgIpc) is 2.96. The summed E-state index contributed by atoms with van der Waals surface area (Å²) in [5.74, 6) is 2.23. The quantitative estimate of drug-likeness (QED) is 0.839. The van der Waals surface area contributed by atoms with Gasteiger partial charge in [-0.3, -0.25) is 4.90 Å². The van der Waals surface area contributed by atoms with Gasteiger partial charge in [0.25, 0.3) is 0 Å². The molecular formula is C17H28N2O2. The lowest BCUT2D eigenvalue weighted by molar-refractivity contribution is 0.300. The zero-order chi connectivity index (χ0) is 15.2. The minimum Gasteiger partial charge on any atom is -0.493 e. The van der Waals surface area contributed by atoms with Gasteiger partial charge in [0.2, 0.25) is 0 Å². The standard InChI is InChI=1S/C17H28N2O2/c1-4-5-15(18)14-8-9-19(12-14)11-13-6-7-16(20-2)17(10-13)21-3/h6-7,10,14-15H,4-5,8-9,11-12,18H2,1-3H3. The molecule has 1 fully saturated rings. The topological polar surface area (TPSA) is 47.7 Å². The highest BCUT2D eigenvalue weighted by molar-refractivity contribution is 5.42. The average molecular weight is 292 g/mol. The minimum absolute atomic E-state index is 0.352. The minimum atomic E-state index is 0.352. The normalized spacial score (nSPS) is 20.5. The third-order valence-corrected chi connectivity index (χ3v) is 4.39. The molecule has 1 saturated heterocycles. The van der Waals surface area contributed by atoms with E-state index in [2.05, 4.69) is 24.0 Å². The van der Waals surface area contributed by atoms with Gasteiger partial charge in [-0.25, -0.2) is 0 Å². The summed E-state index contributed by atoms with van der Waals surface area (Å²) in [5, 5.41) is 0. The van der Waals surface area contributed by atoms with Crippen LogP contribution in [0.5, 0.6) is 11.5 Å². The van der Waals surface area contributed by atoms with Crippen LogP contribution in [0.25, 0.3) is 0 Å². The van der Waals surface area contributed by atoms with E-state index in [0.29, 0.717) is 12.0 Å². The molecule has 2 unspecified atom stereocenters. The molecule has 2 rings (SSSR count). The van der Waals surface area contributed by atoms with Gasteiger partial charge >= 0.3 is 0 Å². The van der Waals surface area contributed by atoms with Gasteiger partial charge in [0.1, 0.15) is 0 Å². The number of nitrogens with two attached hydrogens (primary N) is 1. The third kappa shape index (κ3) is 4.11. The summed E-state index contributed by atoms with van der Waals surface area (Å²) in [7, 11) is 3.34. The van der Waals surface area contributed by atoms with Crippen molar-refractivity contribution in [2.45, 2.75) is 38.8 Å². The lowest BCUT2D eigenvalue weighted by Crippen LogP contribution is -2.32. The van der Waals surface area contributed by atoms with Crippen LogP contribution in [0.1, 0.15) is 31.7 Å². The second-order valence-electron chi connectivity index (χ2n) is 5.93. The van der Waals surface area contributed by atoms with E-state index in [9.17, 15) is 0 Å². The summed E-state index contributed by atoms with van der Waals surface area (Å²) in [6.45, 7) is 5.40. The van der Waals surface area contributed by atoms with Crippen LogP contribution < -0.4 is 15.2 Å². The van der Waals surface area contributed by atoms with Crippen LogP contribution >= 0.6 is 0 Å². The Morgan fingerprint density at radius 1 is 1.29 bits per heavy atom. The summed E-state index contributed by atoms with van der Waals surface area (Å²) in [6, 6.07) is 6.51. The first kappa shape index (κ1) is 16.1. The number of hydrogen-bond donors (Lipinski definition) is 1. The molecule has 1 heterocycles. The smallest absolute Gasteiger partial charge is 0.161 e. The van der Waals surface area contributed by atoms with E-state index in [0.717, 1.165) is 37.6 Å². The van der Waals surface area contributed by atoms with Crippen LogP contribution in [0.3, 0.4) is 0 Å². The molecule has 0 aromatic heterocycles. The fourth-order valence-electron chi connectivity index (χ4n) is 3.16. The van der Waals surface area contributed by atoms with Gasteiger partial charge in [-0.2, -0.15) is 0 Å². The number of rotatable bonds is 7. The third-order valence-electron chi connectivity index (χ3n) is 4.39. The molecule has 21 heavy (non-hydrogen) atoms. The molecule has 0 radical (unpaired) electrons. The van der Waals surface area contributed by atoms with E-state index in [-0.39, 0.29) is 0 Å². The first-order valence-corrected chi connectivity index (χ1v) is 7.86. The predicted octanol–water partition coefficient (Wildman–Crippen LogP) is 2.65. The van der Waals surface area contributed by atoms with Crippen LogP contribution in [0.15, 0.2) is 18.2 Å². The van der Waals surface area contributed by atoms with Gasteiger partial charge in [-0.1, -0.05) is 19.4 Å². The summed E-state index contributed by atoms with van der Waals surface area (Å²) in [6.07, 6.45) is 3.52. The van der Waals surface area contributed by atoms with Crippen molar-refractivity contribution in [3.63, 3.8) is 0 Å². The van der Waals surface area contributed by atoms with Gasteiger partial charge in [0, 0.05) is 19.1 Å². The van der Waals surface area contributed by atoms with Crippen LogP contribution in [0.2, 0.25) is 0 Å². The molecule has 1 aliphatic rings. The Balaban J connectivity index is 1.94. The van der Waals surface area contributed by atoms with Gasteiger partial charge in [0.15, 0.2) is 11.5 Å². The maximum atomic E-state index is 6.27. The summed E-state index contributed by atoms with van der Waals surface area (Å²) in [5.41, 5.74) is 7.53. The number of ether oxygens (including phenoxy) is 2. The molecule has 4 heteroatoms. The van der Waals surface area contributed by atoms with Gasteiger partial charge in [-0.05, 0) is 43.0 Å². The van der Waals surface area contributed by atoms with Gasteiger partial charge < -0.3 is 15.2 Å². The fourth-order valence-corrected chi connectivity index (χ4v) is 3.16. The molecule has 2 atom stereocenters. The molecule has 0 aliphatic carbocycles. The van der Waals surface area contributed by atoms with E-state index in [4.69, 9.17) is 15.2 Å². The molecule has 118 valence electrons. The Hall–Kier alpha value is -1.26. The summed E-state index contributed by atoms with van der Waals surface area (Å²) < 4.78 is 10.7. The number of hydrogen-bond acceptors (Lipinski definition) is 4. The van der Waals surface area contributed by atoms with Crippen molar-refractivity contribution < 1.29 is 9.47 Å². The van der Waals surface area contributed by atoms with Crippen molar-refractivity contribution in [1.82, 2.24) is 4.90 Å². The molecule has 2 N–H and O–H groups in total. The van der Waals surface area contributed by atoms with E-state index in [1.165, 1.54) is 18.4 Å².